The van der Waals surface area contributed by atoms with E-state index < -0.39 is 0 Å². The quantitative estimate of drug-likeness (QED) is 0.175. The molecule has 0 spiro atoms. The summed E-state index contributed by atoms with van der Waals surface area (Å²) in [6.07, 6.45) is 4.38. The van der Waals surface area contributed by atoms with Gasteiger partial charge in [-0.2, -0.15) is 0 Å². The van der Waals surface area contributed by atoms with Crippen LogP contribution in [0.2, 0.25) is 0 Å². The number of rotatable bonds is 4. The summed E-state index contributed by atoms with van der Waals surface area (Å²) in [6, 6.07) is 66.4. The molecule has 4 nitrogen and oxygen atoms in total. The van der Waals surface area contributed by atoms with Crippen LogP contribution in [0.1, 0.15) is 0 Å². The number of benzene rings is 8. The van der Waals surface area contributed by atoms with Crippen LogP contribution in [0.3, 0.4) is 0 Å². The minimum Gasteiger partial charge on any atom is -0.317 e. The van der Waals surface area contributed by atoms with Crippen molar-refractivity contribution in [1.82, 2.24) is 18.3 Å². The van der Waals surface area contributed by atoms with E-state index in [1.54, 1.807) is 0 Å². The van der Waals surface area contributed by atoms with Crippen molar-refractivity contribution in [2.45, 2.75) is 0 Å². The molecule has 0 radical (unpaired) electrons. The predicted molar refractivity (Wildman–Crippen MR) is 226 cm³/mol. The van der Waals surface area contributed by atoms with Crippen LogP contribution in [0.5, 0.6) is 0 Å². The average molecular weight is 689 g/mol. The van der Waals surface area contributed by atoms with E-state index in [0.717, 1.165) is 22.7 Å². The Hall–Kier alpha value is -7.30. The third-order valence-corrected chi connectivity index (χ3v) is 11.4. The molecule has 0 bridgehead atoms. The number of hydrogen-bond donors (Lipinski definition) is 0. The van der Waals surface area contributed by atoms with E-state index in [2.05, 4.69) is 213 Å². The van der Waals surface area contributed by atoms with Gasteiger partial charge in [0.05, 0.1) is 33.1 Å². The maximum atomic E-state index is 2.37. The van der Waals surface area contributed by atoms with Crippen molar-refractivity contribution >= 4 is 76.2 Å². The molecule has 0 amide bonds. The fourth-order valence-electron chi connectivity index (χ4n) is 8.89. The molecule has 4 heterocycles. The topological polar surface area (TPSA) is 19.7 Å². The van der Waals surface area contributed by atoms with Gasteiger partial charge in [-0.3, -0.25) is 0 Å². The van der Waals surface area contributed by atoms with E-state index in [1.807, 2.05) is 0 Å². The number of hydrogen-bond acceptors (Lipinski definition) is 0. The van der Waals surface area contributed by atoms with Crippen LogP contribution in [-0.2, 0) is 0 Å². The first-order valence-electron chi connectivity index (χ1n) is 18.5. The van der Waals surface area contributed by atoms with Crippen LogP contribution >= 0.6 is 0 Å². The molecule has 0 atom stereocenters. The van der Waals surface area contributed by atoms with E-state index in [9.17, 15) is 0 Å². The van der Waals surface area contributed by atoms with Crippen molar-refractivity contribution in [2.24, 2.45) is 0 Å². The summed E-state index contributed by atoms with van der Waals surface area (Å²) < 4.78 is 9.35. The lowest BCUT2D eigenvalue weighted by Crippen LogP contribution is -1.96. The van der Waals surface area contributed by atoms with Crippen LogP contribution in [0.4, 0.5) is 0 Å². The molecule has 54 heavy (non-hydrogen) atoms. The molecular weight excluding hydrogens is 657 g/mol. The van der Waals surface area contributed by atoms with Crippen LogP contribution in [0.25, 0.3) is 98.9 Å². The van der Waals surface area contributed by atoms with Gasteiger partial charge in [0.25, 0.3) is 0 Å². The van der Waals surface area contributed by atoms with Crippen LogP contribution in [0, 0.1) is 0 Å². The third kappa shape index (κ3) is 4.19. The summed E-state index contributed by atoms with van der Waals surface area (Å²) >= 11 is 0. The highest BCUT2D eigenvalue weighted by Gasteiger charge is 2.15. The molecule has 0 saturated carbocycles. The molecule has 0 aliphatic carbocycles. The highest BCUT2D eigenvalue weighted by Crippen LogP contribution is 2.35. The Balaban J connectivity index is 0.925. The molecule has 0 fully saturated rings. The van der Waals surface area contributed by atoms with Crippen molar-refractivity contribution < 1.29 is 0 Å². The first kappa shape index (κ1) is 29.3. The third-order valence-electron chi connectivity index (χ3n) is 11.4. The molecule has 0 aliphatic heterocycles. The number of fused-ring (bicyclic) bond motifs is 9. The van der Waals surface area contributed by atoms with Crippen LogP contribution in [-0.4, -0.2) is 18.3 Å². The Morgan fingerprint density at radius 2 is 0.556 bits per heavy atom. The fourth-order valence-corrected chi connectivity index (χ4v) is 8.89. The molecule has 4 aromatic heterocycles. The minimum absolute atomic E-state index is 1.14. The Morgan fingerprint density at radius 1 is 0.241 bits per heavy atom. The molecule has 12 aromatic rings. The summed E-state index contributed by atoms with van der Waals surface area (Å²) in [5.41, 5.74) is 11.9. The molecule has 0 aliphatic rings. The van der Waals surface area contributed by atoms with Gasteiger partial charge in [0.1, 0.15) is 0 Å². The maximum absolute atomic E-state index is 2.37. The van der Waals surface area contributed by atoms with Crippen LogP contribution in [0.15, 0.2) is 194 Å². The number of para-hydroxylation sites is 4. The summed E-state index contributed by atoms with van der Waals surface area (Å²) in [5, 5.41) is 10.0. The van der Waals surface area contributed by atoms with Gasteiger partial charge in [-0.25, -0.2) is 0 Å². The number of nitrogens with zero attached hydrogens (tertiary/aromatic N) is 4. The zero-order valence-corrected chi connectivity index (χ0v) is 29.3. The first-order valence-corrected chi connectivity index (χ1v) is 18.5. The summed E-state index contributed by atoms with van der Waals surface area (Å²) in [4.78, 5) is 0. The lowest BCUT2D eigenvalue weighted by molar-refractivity contribution is 1.11. The van der Waals surface area contributed by atoms with Gasteiger partial charge in [-0.15, -0.1) is 0 Å². The van der Waals surface area contributed by atoms with E-state index in [-0.39, 0.29) is 0 Å². The predicted octanol–water partition coefficient (Wildman–Crippen LogP) is 12.9. The summed E-state index contributed by atoms with van der Waals surface area (Å²) in [6.45, 7) is 0. The molecule has 0 unspecified atom stereocenters. The van der Waals surface area contributed by atoms with E-state index in [1.165, 1.54) is 76.2 Å². The largest absolute Gasteiger partial charge is 0.317 e. The summed E-state index contributed by atoms with van der Waals surface area (Å²) in [7, 11) is 0. The van der Waals surface area contributed by atoms with E-state index >= 15 is 0 Å². The summed E-state index contributed by atoms with van der Waals surface area (Å²) in [5.74, 6) is 0. The van der Waals surface area contributed by atoms with E-state index in [0.29, 0.717) is 0 Å². The average Bonchev–Trinajstić information content (AvgIpc) is 4.00. The normalized spacial score (nSPS) is 12.1. The Kier molecular flexibility index (Phi) is 6.02. The zero-order valence-electron chi connectivity index (χ0n) is 29.3. The van der Waals surface area contributed by atoms with Crippen molar-refractivity contribution in [1.29, 1.82) is 0 Å². The van der Waals surface area contributed by atoms with Crippen molar-refractivity contribution in [3.05, 3.63) is 194 Å². The Morgan fingerprint density at radius 3 is 0.926 bits per heavy atom. The van der Waals surface area contributed by atoms with Crippen molar-refractivity contribution in [2.75, 3.05) is 0 Å². The lowest BCUT2D eigenvalue weighted by Gasteiger charge is -2.12. The van der Waals surface area contributed by atoms with Gasteiger partial charge < -0.3 is 18.3 Å². The smallest absolute Gasteiger partial charge is 0.0541 e. The molecule has 12 rings (SSSR count). The Labute approximate surface area is 310 Å². The second kappa shape index (κ2) is 11.1. The van der Waals surface area contributed by atoms with Crippen LogP contribution < -0.4 is 0 Å². The van der Waals surface area contributed by atoms with Gasteiger partial charge in [0.2, 0.25) is 0 Å². The molecular formula is C50H32N4. The number of aromatic nitrogens is 4. The van der Waals surface area contributed by atoms with Gasteiger partial charge in [-0.1, -0.05) is 72.8 Å². The van der Waals surface area contributed by atoms with Gasteiger partial charge in [0.15, 0.2) is 0 Å². The van der Waals surface area contributed by atoms with Crippen molar-refractivity contribution in [3.63, 3.8) is 0 Å². The van der Waals surface area contributed by atoms with Gasteiger partial charge in [0, 0.05) is 67.5 Å². The molecule has 0 N–H and O–H groups in total. The highest BCUT2D eigenvalue weighted by molar-refractivity contribution is 6.10. The minimum atomic E-state index is 1.14. The second-order valence-electron chi connectivity index (χ2n) is 14.3. The van der Waals surface area contributed by atoms with Crippen molar-refractivity contribution in [3.8, 4) is 22.7 Å². The second-order valence-corrected chi connectivity index (χ2v) is 14.3. The maximum Gasteiger partial charge on any atom is 0.0541 e. The molecule has 252 valence electrons. The first-order chi connectivity index (χ1) is 26.8. The molecule has 8 aromatic carbocycles. The molecule has 4 heteroatoms. The highest BCUT2D eigenvalue weighted by atomic mass is 15.0. The Bertz CT molecular complexity index is 3090. The zero-order chi connectivity index (χ0) is 35.3. The molecule has 0 saturated heterocycles. The fraction of sp³-hybridized carbons (Fsp3) is 0. The lowest BCUT2D eigenvalue weighted by atomic mass is 10.1. The monoisotopic (exact) mass is 688 g/mol. The van der Waals surface area contributed by atoms with Gasteiger partial charge in [-0.05, 0) is 120 Å². The SMILES string of the molecule is c1ccc2c(c1)c1ccccc1n2-c1ccc(-n2ccc3cc4cc5ccn(-c6ccc(-n7c8ccccc8c8ccccc87)cc6)c5cc4cc32)cc1. The van der Waals surface area contributed by atoms with Gasteiger partial charge >= 0.3 is 0 Å². The standard InChI is InChI=1S/C50H32N4/c1-5-13-45-41(9-1)42-10-2-6-14-46(42)53(45)39-21-17-37(18-22-39)51-27-25-33-29-35-30-34-26-28-52(50(34)32-36(35)31-49(33)51)38-19-23-40(24-20-38)54-47-15-7-3-11-43(47)44-12-4-8-16-48(44)54/h1-32H. The van der Waals surface area contributed by atoms with E-state index in [4.69, 9.17) is 0 Å².